The summed E-state index contributed by atoms with van der Waals surface area (Å²) in [7, 11) is 1.85. The summed E-state index contributed by atoms with van der Waals surface area (Å²) < 4.78 is 1.78. The lowest BCUT2D eigenvalue weighted by Crippen LogP contribution is -2.32. The van der Waals surface area contributed by atoms with Crippen LogP contribution < -0.4 is 0 Å². The van der Waals surface area contributed by atoms with Gasteiger partial charge < -0.3 is 9.47 Å². The number of amides is 1. The van der Waals surface area contributed by atoms with E-state index in [1.54, 1.807) is 10.9 Å². The van der Waals surface area contributed by atoms with Crippen LogP contribution in [0.3, 0.4) is 0 Å². The van der Waals surface area contributed by atoms with Crippen LogP contribution in [0.5, 0.6) is 0 Å². The third kappa shape index (κ3) is 2.93. The topological polar surface area (TPSA) is 51.0 Å². The summed E-state index contributed by atoms with van der Waals surface area (Å²) in [5.74, 6) is 0.783. The first-order valence-corrected chi connectivity index (χ1v) is 7.41. The number of nitrogens with zero attached hydrogens (tertiary/aromatic N) is 4. The van der Waals surface area contributed by atoms with Gasteiger partial charge in [-0.15, -0.1) is 10.2 Å². The summed E-state index contributed by atoms with van der Waals surface area (Å²) in [5.41, 5.74) is 1.10. The van der Waals surface area contributed by atoms with E-state index < -0.39 is 0 Å². The number of carbonyl (C=O) groups excluding carboxylic acids is 1. The van der Waals surface area contributed by atoms with Gasteiger partial charge in [-0.25, -0.2) is 0 Å². The van der Waals surface area contributed by atoms with Gasteiger partial charge in [0.2, 0.25) is 5.91 Å². The molecule has 1 aliphatic rings. The van der Waals surface area contributed by atoms with Crippen LogP contribution >= 0.6 is 11.6 Å². The van der Waals surface area contributed by atoms with E-state index in [0.717, 1.165) is 24.9 Å². The number of benzene rings is 1. The van der Waals surface area contributed by atoms with Crippen LogP contribution in [0.2, 0.25) is 5.02 Å². The number of aromatic nitrogens is 3. The monoisotopic (exact) mass is 304 g/mol. The number of likely N-dealkylation sites (tertiary alicyclic amines) is 1. The Morgan fingerprint density at radius 3 is 3.05 bits per heavy atom. The molecule has 21 heavy (non-hydrogen) atoms. The van der Waals surface area contributed by atoms with Crippen LogP contribution in [0.1, 0.15) is 30.3 Å². The summed E-state index contributed by atoms with van der Waals surface area (Å²) in [6, 6.07) is 7.88. The van der Waals surface area contributed by atoms with E-state index in [1.807, 2.05) is 36.2 Å². The summed E-state index contributed by atoms with van der Waals surface area (Å²) in [4.78, 5) is 14.5. The highest BCUT2D eigenvalue weighted by Crippen LogP contribution is 2.33. The predicted octanol–water partition coefficient (Wildman–Crippen LogP) is 2.37. The smallest absolute Gasteiger partial charge is 0.230 e. The molecule has 1 fully saturated rings. The minimum Gasteiger partial charge on any atom is -0.335 e. The van der Waals surface area contributed by atoms with Crippen molar-refractivity contribution in [2.75, 3.05) is 6.54 Å². The van der Waals surface area contributed by atoms with Crippen molar-refractivity contribution in [3.63, 3.8) is 0 Å². The van der Waals surface area contributed by atoms with Crippen molar-refractivity contribution in [3.8, 4) is 0 Å². The highest BCUT2D eigenvalue weighted by molar-refractivity contribution is 6.30. The molecular weight excluding hydrogens is 288 g/mol. The van der Waals surface area contributed by atoms with Crippen molar-refractivity contribution < 1.29 is 4.79 Å². The zero-order valence-electron chi connectivity index (χ0n) is 11.9. The number of hydrogen-bond donors (Lipinski definition) is 0. The van der Waals surface area contributed by atoms with Gasteiger partial charge in [-0.05, 0) is 30.5 Å². The molecule has 1 aromatic carbocycles. The highest BCUT2D eigenvalue weighted by atomic mass is 35.5. The molecule has 1 saturated heterocycles. The number of aryl methyl sites for hydroxylation is 1. The second-order valence-electron chi connectivity index (χ2n) is 5.34. The lowest BCUT2D eigenvalue weighted by atomic mass is 10.0. The molecule has 0 radical (unpaired) electrons. The van der Waals surface area contributed by atoms with Gasteiger partial charge in [-0.2, -0.15) is 0 Å². The SMILES string of the molecule is Cn1cnnc1CC(=O)N1CCCC1c1cccc(Cl)c1. The van der Waals surface area contributed by atoms with Gasteiger partial charge in [0.15, 0.2) is 0 Å². The molecule has 2 heterocycles. The normalized spacial score (nSPS) is 18.2. The van der Waals surface area contributed by atoms with Gasteiger partial charge in [0, 0.05) is 18.6 Å². The lowest BCUT2D eigenvalue weighted by Gasteiger charge is -2.25. The number of carbonyl (C=O) groups is 1. The predicted molar refractivity (Wildman–Crippen MR) is 79.8 cm³/mol. The number of halogens is 1. The average molecular weight is 305 g/mol. The van der Waals surface area contributed by atoms with E-state index in [1.165, 1.54) is 0 Å². The minimum atomic E-state index is 0.0913. The molecule has 5 nitrogen and oxygen atoms in total. The molecule has 1 amide bonds. The van der Waals surface area contributed by atoms with Crippen LogP contribution in [-0.4, -0.2) is 32.1 Å². The first-order valence-electron chi connectivity index (χ1n) is 7.03. The zero-order chi connectivity index (χ0) is 14.8. The maximum Gasteiger partial charge on any atom is 0.230 e. The van der Waals surface area contributed by atoms with Crippen molar-refractivity contribution in [2.45, 2.75) is 25.3 Å². The standard InChI is InChI=1S/C15H17ClN4O/c1-19-10-17-18-14(19)9-15(21)20-7-3-6-13(20)11-4-2-5-12(16)8-11/h2,4-5,8,10,13H,3,6-7,9H2,1H3. The fourth-order valence-electron chi connectivity index (χ4n) is 2.83. The van der Waals surface area contributed by atoms with Crippen molar-refractivity contribution in [1.82, 2.24) is 19.7 Å². The van der Waals surface area contributed by atoms with E-state index in [-0.39, 0.29) is 18.4 Å². The molecule has 1 aliphatic heterocycles. The molecule has 110 valence electrons. The molecule has 1 aromatic heterocycles. The number of rotatable bonds is 3. The second kappa shape index (κ2) is 5.85. The molecule has 2 aromatic rings. The maximum absolute atomic E-state index is 12.5. The van der Waals surface area contributed by atoms with Gasteiger partial charge >= 0.3 is 0 Å². The van der Waals surface area contributed by atoms with E-state index in [9.17, 15) is 4.79 Å². The molecule has 6 heteroatoms. The quantitative estimate of drug-likeness (QED) is 0.875. The van der Waals surface area contributed by atoms with Gasteiger partial charge in [0.05, 0.1) is 12.5 Å². The summed E-state index contributed by atoms with van der Waals surface area (Å²) in [5, 5.41) is 8.51. The molecule has 0 N–H and O–H groups in total. The summed E-state index contributed by atoms with van der Waals surface area (Å²) >= 11 is 6.06. The summed E-state index contributed by atoms with van der Waals surface area (Å²) in [6.45, 7) is 0.786. The Morgan fingerprint density at radius 1 is 1.48 bits per heavy atom. The minimum absolute atomic E-state index is 0.0913. The van der Waals surface area contributed by atoms with E-state index in [0.29, 0.717) is 10.8 Å². The van der Waals surface area contributed by atoms with Crippen molar-refractivity contribution in [2.24, 2.45) is 7.05 Å². The molecule has 0 aliphatic carbocycles. The van der Waals surface area contributed by atoms with E-state index in [4.69, 9.17) is 11.6 Å². The fourth-order valence-corrected chi connectivity index (χ4v) is 3.03. The Kier molecular flexibility index (Phi) is 3.92. The van der Waals surface area contributed by atoms with Crippen LogP contribution in [-0.2, 0) is 18.3 Å². The van der Waals surface area contributed by atoms with Crippen molar-refractivity contribution in [1.29, 1.82) is 0 Å². The Labute approximate surface area is 128 Å². The van der Waals surface area contributed by atoms with Crippen molar-refractivity contribution >= 4 is 17.5 Å². The van der Waals surface area contributed by atoms with Gasteiger partial charge in [-0.1, -0.05) is 23.7 Å². The maximum atomic E-state index is 12.5. The Morgan fingerprint density at radius 2 is 2.33 bits per heavy atom. The molecule has 0 saturated carbocycles. The molecule has 0 spiro atoms. The lowest BCUT2D eigenvalue weighted by molar-refractivity contribution is -0.131. The Bertz CT molecular complexity index is 655. The van der Waals surface area contributed by atoms with Gasteiger partial charge in [-0.3, -0.25) is 4.79 Å². The molecule has 1 unspecified atom stereocenters. The Balaban J connectivity index is 1.77. The Hall–Kier alpha value is -1.88. The van der Waals surface area contributed by atoms with E-state index in [2.05, 4.69) is 10.2 Å². The van der Waals surface area contributed by atoms with Crippen LogP contribution in [0.4, 0.5) is 0 Å². The first kappa shape index (κ1) is 14.1. The fraction of sp³-hybridized carbons (Fsp3) is 0.400. The largest absolute Gasteiger partial charge is 0.335 e. The van der Waals surface area contributed by atoms with Crippen LogP contribution in [0.15, 0.2) is 30.6 Å². The third-order valence-corrected chi connectivity index (χ3v) is 4.16. The van der Waals surface area contributed by atoms with Gasteiger partial charge in [0.25, 0.3) is 0 Å². The molecule has 3 rings (SSSR count). The zero-order valence-corrected chi connectivity index (χ0v) is 12.6. The third-order valence-electron chi connectivity index (χ3n) is 3.92. The second-order valence-corrected chi connectivity index (χ2v) is 5.77. The first-order chi connectivity index (χ1) is 10.1. The highest BCUT2D eigenvalue weighted by Gasteiger charge is 2.30. The molecular formula is C15H17ClN4O. The average Bonchev–Trinajstić information content (AvgIpc) is 3.08. The van der Waals surface area contributed by atoms with Gasteiger partial charge in [0.1, 0.15) is 12.2 Å². The molecule has 0 bridgehead atoms. The summed E-state index contributed by atoms with van der Waals surface area (Å²) in [6.07, 6.45) is 3.89. The van der Waals surface area contributed by atoms with E-state index >= 15 is 0 Å². The molecule has 1 atom stereocenters. The number of hydrogen-bond acceptors (Lipinski definition) is 3. The van der Waals surface area contributed by atoms with Crippen molar-refractivity contribution in [3.05, 3.63) is 47.0 Å². The van der Waals surface area contributed by atoms with Crippen LogP contribution in [0.25, 0.3) is 0 Å². The van der Waals surface area contributed by atoms with Crippen LogP contribution in [0, 0.1) is 0 Å².